The monoisotopic (exact) mass is 276 g/mol. The first kappa shape index (κ1) is 13.6. The summed E-state index contributed by atoms with van der Waals surface area (Å²) in [6, 6.07) is 11.4. The number of hydrogen-bond donors (Lipinski definition) is 2. The maximum Gasteiger partial charge on any atom is 0.144 e. The molecule has 0 saturated carbocycles. The van der Waals surface area contributed by atoms with Crippen molar-refractivity contribution in [3.05, 3.63) is 47.0 Å². The summed E-state index contributed by atoms with van der Waals surface area (Å²) >= 11 is 6.00. The Morgan fingerprint density at radius 3 is 2.74 bits per heavy atom. The molecule has 0 radical (unpaired) electrons. The molecule has 3 N–H and O–H groups in total. The van der Waals surface area contributed by atoms with Gasteiger partial charge in [-0.1, -0.05) is 17.7 Å². The van der Waals surface area contributed by atoms with E-state index < -0.39 is 0 Å². The Morgan fingerprint density at radius 2 is 2.00 bits per heavy atom. The molecule has 0 unspecified atom stereocenters. The fourth-order valence-electron chi connectivity index (χ4n) is 1.78. The Morgan fingerprint density at radius 1 is 1.21 bits per heavy atom. The van der Waals surface area contributed by atoms with Crippen LogP contribution in [0.1, 0.15) is 12.5 Å². The number of hydrogen-bond acceptors (Lipinski definition) is 3. The predicted molar refractivity (Wildman–Crippen MR) is 81.5 cm³/mol. The Labute approximate surface area is 118 Å². The smallest absolute Gasteiger partial charge is 0.144 e. The van der Waals surface area contributed by atoms with E-state index in [4.69, 9.17) is 22.1 Å². The van der Waals surface area contributed by atoms with E-state index in [1.165, 1.54) is 0 Å². The molecule has 0 spiro atoms. The van der Waals surface area contributed by atoms with Crippen LogP contribution in [0, 0.1) is 6.92 Å². The molecule has 4 heteroatoms. The first-order valence-electron chi connectivity index (χ1n) is 6.15. The van der Waals surface area contributed by atoms with Gasteiger partial charge in [0, 0.05) is 22.5 Å². The van der Waals surface area contributed by atoms with E-state index in [1.54, 1.807) is 0 Å². The highest BCUT2D eigenvalue weighted by Gasteiger charge is 2.04. The third-order valence-corrected chi connectivity index (χ3v) is 3.03. The standard InChI is InChI=1S/C15H17ClN2O/c1-3-19-15-9-12(6-7-13(15)17)18-14-8-11(16)5-4-10(14)2/h4-9,18H,3,17H2,1-2H3. The van der Waals surface area contributed by atoms with Crippen LogP contribution in [0.4, 0.5) is 17.1 Å². The molecule has 0 amide bonds. The summed E-state index contributed by atoms with van der Waals surface area (Å²) < 4.78 is 5.48. The lowest BCUT2D eigenvalue weighted by Crippen LogP contribution is -1.99. The SMILES string of the molecule is CCOc1cc(Nc2cc(Cl)ccc2C)ccc1N. The van der Waals surface area contributed by atoms with Gasteiger partial charge in [0.1, 0.15) is 5.75 Å². The topological polar surface area (TPSA) is 47.3 Å². The summed E-state index contributed by atoms with van der Waals surface area (Å²) in [6.45, 7) is 4.55. The Hall–Kier alpha value is -1.87. The number of nitrogens with one attached hydrogen (secondary N) is 1. The van der Waals surface area contributed by atoms with E-state index in [-0.39, 0.29) is 0 Å². The van der Waals surface area contributed by atoms with E-state index >= 15 is 0 Å². The summed E-state index contributed by atoms with van der Waals surface area (Å²) in [5, 5.41) is 4.02. The molecule has 2 aromatic rings. The van der Waals surface area contributed by atoms with Gasteiger partial charge in [0.05, 0.1) is 12.3 Å². The third kappa shape index (κ3) is 3.32. The summed E-state index contributed by atoms with van der Waals surface area (Å²) in [4.78, 5) is 0. The van der Waals surface area contributed by atoms with Crippen LogP contribution >= 0.6 is 11.6 Å². The van der Waals surface area contributed by atoms with Gasteiger partial charge in [0.25, 0.3) is 0 Å². The first-order valence-corrected chi connectivity index (χ1v) is 6.53. The predicted octanol–water partition coefficient (Wildman–Crippen LogP) is 4.37. The molecule has 2 rings (SSSR count). The Balaban J connectivity index is 2.28. The van der Waals surface area contributed by atoms with Crippen molar-refractivity contribution in [2.75, 3.05) is 17.7 Å². The molecule has 0 saturated heterocycles. The number of nitrogens with two attached hydrogens (primary N) is 1. The highest BCUT2D eigenvalue weighted by atomic mass is 35.5. The van der Waals surface area contributed by atoms with Crippen molar-refractivity contribution in [3.63, 3.8) is 0 Å². The zero-order valence-electron chi connectivity index (χ0n) is 11.0. The van der Waals surface area contributed by atoms with Crippen LogP contribution in [0.5, 0.6) is 5.75 Å². The summed E-state index contributed by atoms with van der Waals surface area (Å²) in [5.74, 6) is 0.687. The molecule has 0 fully saturated rings. The quantitative estimate of drug-likeness (QED) is 0.815. The van der Waals surface area contributed by atoms with Gasteiger partial charge in [-0.05, 0) is 43.7 Å². The Kier molecular flexibility index (Phi) is 4.17. The molecule has 0 aliphatic heterocycles. The van der Waals surface area contributed by atoms with Crippen molar-refractivity contribution in [2.45, 2.75) is 13.8 Å². The number of halogens is 1. The molecule has 0 heterocycles. The van der Waals surface area contributed by atoms with Gasteiger partial charge >= 0.3 is 0 Å². The zero-order chi connectivity index (χ0) is 13.8. The van der Waals surface area contributed by atoms with E-state index in [1.807, 2.05) is 50.2 Å². The van der Waals surface area contributed by atoms with Crippen molar-refractivity contribution < 1.29 is 4.74 Å². The lowest BCUT2D eigenvalue weighted by atomic mass is 10.2. The van der Waals surface area contributed by atoms with Crippen molar-refractivity contribution in [2.24, 2.45) is 0 Å². The second-order valence-corrected chi connectivity index (χ2v) is 4.71. The summed E-state index contributed by atoms with van der Waals surface area (Å²) in [6.07, 6.45) is 0. The van der Waals surface area contributed by atoms with Gasteiger partial charge in [-0.2, -0.15) is 0 Å². The molecular formula is C15H17ClN2O. The minimum atomic E-state index is 0.587. The average Bonchev–Trinajstić information content (AvgIpc) is 2.38. The summed E-state index contributed by atoms with van der Waals surface area (Å²) in [7, 11) is 0. The van der Waals surface area contributed by atoms with Gasteiger partial charge in [-0.15, -0.1) is 0 Å². The largest absolute Gasteiger partial charge is 0.492 e. The molecule has 3 nitrogen and oxygen atoms in total. The molecular weight excluding hydrogens is 260 g/mol. The number of nitrogen functional groups attached to an aromatic ring is 1. The summed E-state index contributed by atoms with van der Waals surface area (Å²) in [5.41, 5.74) is 9.50. The van der Waals surface area contributed by atoms with Crippen LogP contribution in [0.15, 0.2) is 36.4 Å². The van der Waals surface area contributed by atoms with Gasteiger partial charge in [-0.3, -0.25) is 0 Å². The normalized spacial score (nSPS) is 10.3. The number of aryl methyl sites for hydroxylation is 1. The van der Waals surface area contributed by atoms with Crippen molar-refractivity contribution in [1.82, 2.24) is 0 Å². The second-order valence-electron chi connectivity index (χ2n) is 4.27. The van der Waals surface area contributed by atoms with Crippen LogP contribution in [0.25, 0.3) is 0 Å². The number of rotatable bonds is 4. The molecule has 0 aliphatic rings. The van der Waals surface area contributed by atoms with Crippen molar-refractivity contribution in [1.29, 1.82) is 0 Å². The molecule has 100 valence electrons. The second kappa shape index (κ2) is 5.85. The van der Waals surface area contributed by atoms with E-state index in [0.717, 1.165) is 16.9 Å². The van der Waals surface area contributed by atoms with E-state index in [9.17, 15) is 0 Å². The minimum Gasteiger partial charge on any atom is -0.492 e. The zero-order valence-corrected chi connectivity index (χ0v) is 11.8. The fraction of sp³-hybridized carbons (Fsp3) is 0.200. The van der Waals surface area contributed by atoms with Crippen molar-refractivity contribution in [3.8, 4) is 5.75 Å². The number of anilines is 3. The van der Waals surface area contributed by atoms with Gasteiger partial charge in [0.2, 0.25) is 0 Å². The third-order valence-electron chi connectivity index (χ3n) is 2.79. The van der Waals surface area contributed by atoms with Crippen LogP contribution in [0.3, 0.4) is 0 Å². The highest BCUT2D eigenvalue weighted by Crippen LogP contribution is 2.29. The van der Waals surface area contributed by atoms with Crippen LogP contribution in [0.2, 0.25) is 5.02 Å². The van der Waals surface area contributed by atoms with Gasteiger partial charge < -0.3 is 15.8 Å². The maximum absolute atomic E-state index is 6.00. The first-order chi connectivity index (χ1) is 9.10. The molecule has 0 bridgehead atoms. The van der Waals surface area contributed by atoms with Gasteiger partial charge in [0.15, 0.2) is 0 Å². The maximum atomic E-state index is 6.00. The average molecular weight is 277 g/mol. The minimum absolute atomic E-state index is 0.587. The van der Waals surface area contributed by atoms with Crippen molar-refractivity contribution >= 4 is 28.7 Å². The molecule has 2 aromatic carbocycles. The molecule has 0 atom stereocenters. The Bertz CT molecular complexity index is 584. The number of ether oxygens (including phenoxy) is 1. The highest BCUT2D eigenvalue weighted by molar-refractivity contribution is 6.30. The fourth-order valence-corrected chi connectivity index (χ4v) is 1.95. The lowest BCUT2D eigenvalue weighted by Gasteiger charge is -2.13. The lowest BCUT2D eigenvalue weighted by molar-refractivity contribution is 0.342. The molecule has 19 heavy (non-hydrogen) atoms. The van der Waals surface area contributed by atoms with Crippen LogP contribution in [-0.4, -0.2) is 6.61 Å². The molecule has 0 aliphatic carbocycles. The van der Waals surface area contributed by atoms with Crippen LogP contribution in [-0.2, 0) is 0 Å². The van der Waals surface area contributed by atoms with Gasteiger partial charge in [-0.25, -0.2) is 0 Å². The van der Waals surface area contributed by atoms with E-state index in [2.05, 4.69) is 5.32 Å². The van der Waals surface area contributed by atoms with E-state index in [0.29, 0.717) is 23.1 Å². The van der Waals surface area contributed by atoms with Crippen LogP contribution < -0.4 is 15.8 Å². The number of benzene rings is 2. The molecule has 0 aromatic heterocycles.